The van der Waals surface area contributed by atoms with E-state index in [-0.39, 0.29) is 11.1 Å². The molecular weight excluding hydrogens is 346 g/mol. The third-order valence-corrected chi connectivity index (χ3v) is 3.87. The van der Waals surface area contributed by atoms with Gasteiger partial charge in [-0.3, -0.25) is 0 Å². The first-order chi connectivity index (χ1) is 10.1. The van der Waals surface area contributed by atoms with Gasteiger partial charge in [0.2, 0.25) is 0 Å². The molecule has 3 rings (SSSR count). The minimum Gasteiger partial charge on any atom is -0.486 e. The highest BCUT2D eigenvalue weighted by Gasteiger charge is 2.32. The molecule has 0 spiro atoms. The van der Waals surface area contributed by atoms with Crippen molar-refractivity contribution in [2.45, 2.75) is 12.2 Å². The highest BCUT2D eigenvalue weighted by Crippen LogP contribution is 2.36. The van der Waals surface area contributed by atoms with Crippen molar-refractivity contribution in [3.05, 3.63) is 58.1 Å². The Morgan fingerprint density at radius 1 is 1.14 bits per heavy atom. The molecule has 0 amide bonds. The first-order valence-electron chi connectivity index (χ1n) is 6.28. The van der Waals surface area contributed by atoms with E-state index in [4.69, 9.17) is 9.47 Å². The van der Waals surface area contributed by atoms with Crippen LogP contribution in [0, 0.1) is 11.6 Å². The average Bonchev–Trinajstić information content (AvgIpc) is 2.51. The van der Waals surface area contributed by atoms with Gasteiger partial charge in [0.15, 0.2) is 17.6 Å². The zero-order valence-electron chi connectivity index (χ0n) is 10.7. The Kier molecular flexibility index (Phi) is 3.82. The van der Waals surface area contributed by atoms with E-state index < -0.39 is 29.4 Å². The van der Waals surface area contributed by atoms with Crippen LogP contribution in [-0.4, -0.2) is 17.8 Å². The summed E-state index contributed by atoms with van der Waals surface area (Å²) in [5, 5.41) is 10.3. The highest BCUT2D eigenvalue weighted by atomic mass is 79.9. The van der Waals surface area contributed by atoms with Crippen LogP contribution >= 0.6 is 15.9 Å². The molecular formula is C15H11BrF2O3. The van der Waals surface area contributed by atoms with E-state index in [1.807, 2.05) is 0 Å². The molecule has 0 fully saturated rings. The lowest BCUT2D eigenvalue weighted by molar-refractivity contribution is -0.0145. The van der Waals surface area contributed by atoms with Crippen molar-refractivity contribution >= 4 is 15.9 Å². The molecule has 1 aliphatic heterocycles. The van der Waals surface area contributed by atoms with Gasteiger partial charge in [0.05, 0.1) is 10.0 Å². The van der Waals surface area contributed by atoms with Crippen LogP contribution in [0.3, 0.4) is 0 Å². The Morgan fingerprint density at radius 3 is 2.62 bits per heavy atom. The first kappa shape index (κ1) is 14.3. The van der Waals surface area contributed by atoms with Gasteiger partial charge in [-0.25, -0.2) is 8.78 Å². The number of benzene rings is 2. The molecule has 2 aromatic rings. The maximum Gasteiger partial charge on any atom is 0.163 e. The smallest absolute Gasteiger partial charge is 0.163 e. The summed E-state index contributed by atoms with van der Waals surface area (Å²) in [5.74, 6) is -0.699. The lowest BCUT2D eigenvalue weighted by atomic mass is 10.0. The minimum absolute atomic E-state index is 0.00354. The van der Waals surface area contributed by atoms with Crippen molar-refractivity contribution in [1.82, 2.24) is 0 Å². The topological polar surface area (TPSA) is 38.7 Å². The summed E-state index contributed by atoms with van der Waals surface area (Å²) in [6.45, 7) is 0.00354. The molecule has 2 aromatic carbocycles. The second-order valence-electron chi connectivity index (χ2n) is 4.62. The van der Waals surface area contributed by atoms with Crippen LogP contribution in [0.5, 0.6) is 11.5 Å². The fourth-order valence-corrected chi connectivity index (χ4v) is 2.54. The summed E-state index contributed by atoms with van der Waals surface area (Å²) in [6, 6.07) is 9.25. The van der Waals surface area contributed by atoms with Crippen LogP contribution in [0.25, 0.3) is 0 Å². The van der Waals surface area contributed by atoms with E-state index in [0.29, 0.717) is 11.5 Å². The van der Waals surface area contributed by atoms with Gasteiger partial charge in [-0.05, 0) is 40.2 Å². The largest absolute Gasteiger partial charge is 0.486 e. The van der Waals surface area contributed by atoms with Crippen molar-refractivity contribution in [1.29, 1.82) is 0 Å². The predicted molar refractivity (Wildman–Crippen MR) is 75.4 cm³/mol. The number of hydrogen-bond acceptors (Lipinski definition) is 3. The fourth-order valence-electron chi connectivity index (χ4n) is 2.19. The molecule has 1 N–H and O–H groups in total. The van der Waals surface area contributed by atoms with Gasteiger partial charge in [-0.2, -0.15) is 0 Å². The zero-order valence-corrected chi connectivity index (χ0v) is 12.3. The number of ether oxygens (including phenoxy) is 2. The van der Waals surface area contributed by atoms with Gasteiger partial charge in [0.1, 0.15) is 24.3 Å². The minimum atomic E-state index is -1.48. The molecule has 0 radical (unpaired) electrons. The Bertz CT molecular complexity index is 678. The number of fused-ring (bicyclic) bond motifs is 1. The van der Waals surface area contributed by atoms with Gasteiger partial charge in [-0.1, -0.05) is 12.1 Å². The Labute approximate surface area is 128 Å². The molecule has 2 atom stereocenters. The van der Waals surface area contributed by atoms with Crippen molar-refractivity contribution in [3.63, 3.8) is 0 Å². The van der Waals surface area contributed by atoms with Crippen LogP contribution in [0.4, 0.5) is 8.78 Å². The lowest BCUT2D eigenvalue weighted by Crippen LogP contribution is -2.35. The quantitative estimate of drug-likeness (QED) is 0.835. The van der Waals surface area contributed by atoms with Crippen LogP contribution in [0.15, 0.2) is 40.9 Å². The molecule has 21 heavy (non-hydrogen) atoms. The van der Waals surface area contributed by atoms with Crippen LogP contribution in [0.2, 0.25) is 0 Å². The molecule has 0 saturated heterocycles. The summed E-state index contributed by atoms with van der Waals surface area (Å²) in [4.78, 5) is 0. The third kappa shape index (κ3) is 2.61. The predicted octanol–water partition coefficient (Wildman–Crippen LogP) is 3.60. The molecule has 0 bridgehead atoms. The monoisotopic (exact) mass is 356 g/mol. The summed E-state index contributed by atoms with van der Waals surface area (Å²) in [5.41, 5.74) is -0.433. The summed E-state index contributed by atoms with van der Waals surface area (Å²) in [7, 11) is 0. The van der Waals surface area contributed by atoms with Gasteiger partial charge in [-0.15, -0.1) is 0 Å². The molecule has 1 aliphatic rings. The van der Waals surface area contributed by atoms with Gasteiger partial charge in [0, 0.05) is 0 Å². The Hall–Kier alpha value is -1.66. The zero-order chi connectivity index (χ0) is 15.0. The average molecular weight is 357 g/mol. The number of hydrogen-bond donors (Lipinski definition) is 1. The third-order valence-electron chi connectivity index (χ3n) is 3.26. The molecule has 0 aromatic heterocycles. The van der Waals surface area contributed by atoms with E-state index >= 15 is 0 Å². The first-order valence-corrected chi connectivity index (χ1v) is 7.07. The molecule has 110 valence electrons. The van der Waals surface area contributed by atoms with E-state index in [0.717, 1.165) is 6.07 Å². The van der Waals surface area contributed by atoms with Gasteiger partial charge in [0.25, 0.3) is 0 Å². The second kappa shape index (κ2) is 5.61. The molecule has 6 heteroatoms. The molecule has 0 aliphatic carbocycles. The highest BCUT2D eigenvalue weighted by molar-refractivity contribution is 9.10. The maximum absolute atomic E-state index is 14.0. The van der Waals surface area contributed by atoms with Crippen LogP contribution < -0.4 is 9.47 Å². The number of aliphatic hydroxyl groups is 1. The second-order valence-corrected chi connectivity index (χ2v) is 5.47. The van der Waals surface area contributed by atoms with Gasteiger partial charge >= 0.3 is 0 Å². The van der Waals surface area contributed by atoms with E-state index in [2.05, 4.69) is 15.9 Å². The van der Waals surface area contributed by atoms with E-state index in [1.165, 1.54) is 6.07 Å². The molecule has 2 unspecified atom stereocenters. The molecule has 0 saturated carbocycles. The summed E-state index contributed by atoms with van der Waals surface area (Å²) in [6.07, 6.45) is -2.37. The normalized spacial score (nSPS) is 18.4. The Balaban J connectivity index is 1.91. The number of aliphatic hydroxyl groups excluding tert-OH is 1. The number of halogens is 3. The standard InChI is InChI=1S/C15H11BrF2O3/c16-8-5-6-9(17)13(14(8)18)15(19)12-7-20-10-3-1-2-4-11(10)21-12/h1-6,12,15,19H,7H2. The molecule has 1 heterocycles. The van der Waals surface area contributed by atoms with Crippen molar-refractivity contribution in [2.24, 2.45) is 0 Å². The number of para-hydroxylation sites is 2. The van der Waals surface area contributed by atoms with Crippen LogP contribution in [0.1, 0.15) is 11.7 Å². The molecule has 3 nitrogen and oxygen atoms in total. The van der Waals surface area contributed by atoms with Crippen molar-refractivity contribution < 1.29 is 23.4 Å². The van der Waals surface area contributed by atoms with E-state index in [9.17, 15) is 13.9 Å². The van der Waals surface area contributed by atoms with E-state index in [1.54, 1.807) is 24.3 Å². The van der Waals surface area contributed by atoms with Crippen molar-refractivity contribution in [2.75, 3.05) is 6.61 Å². The lowest BCUT2D eigenvalue weighted by Gasteiger charge is -2.30. The van der Waals surface area contributed by atoms with Crippen LogP contribution in [-0.2, 0) is 0 Å². The van der Waals surface area contributed by atoms with Gasteiger partial charge < -0.3 is 14.6 Å². The van der Waals surface area contributed by atoms with Crippen molar-refractivity contribution in [3.8, 4) is 11.5 Å². The SMILES string of the molecule is OC(c1c(F)ccc(Br)c1F)C1COc2ccccc2O1. The Morgan fingerprint density at radius 2 is 1.86 bits per heavy atom. The number of rotatable bonds is 2. The fraction of sp³-hybridized carbons (Fsp3) is 0.200. The summed E-state index contributed by atoms with van der Waals surface area (Å²) < 4.78 is 38.9. The maximum atomic E-state index is 14.0. The summed E-state index contributed by atoms with van der Waals surface area (Å²) >= 11 is 2.97.